The van der Waals surface area contributed by atoms with Gasteiger partial charge in [-0.15, -0.1) is 0 Å². The second-order valence-electron chi connectivity index (χ2n) is 4.72. The highest BCUT2D eigenvalue weighted by Crippen LogP contribution is 2.52. The van der Waals surface area contributed by atoms with E-state index in [0.717, 1.165) is 0 Å². The number of alkyl halides is 2. The summed E-state index contributed by atoms with van der Waals surface area (Å²) < 4.78 is 30.3. The van der Waals surface area contributed by atoms with Gasteiger partial charge in [-0.3, -0.25) is 0 Å². The molecule has 1 heterocycles. The highest BCUT2D eigenvalue weighted by atomic mass is 19.3. The van der Waals surface area contributed by atoms with Crippen molar-refractivity contribution in [2.24, 2.45) is 11.8 Å². The van der Waals surface area contributed by atoms with E-state index in [1.54, 1.807) is 0 Å². The first kappa shape index (κ1) is 10.3. The predicted octanol–water partition coefficient (Wildman–Crippen LogP) is 1.82. The molecule has 0 aromatic carbocycles. The molecule has 14 heavy (non-hydrogen) atoms. The molecule has 1 N–H and O–H groups in total. The number of rotatable bonds is 3. The second kappa shape index (κ2) is 3.14. The predicted molar refractivity (Wildman–Crippen MR) is 47.2 cm³/mol. The van der Waals surface area contributed by atoms with E-state index < -0.39 is 17.4 Å². The number of hydrogen-bond donors (Lipinski definition) is 1. The summed E-state index contributed by atoms with van der Waals surface area (Å²) in [7, 11) is 0. The first-order valence-electron chi connectivity index (χ1n) is 5.12. The van der Waals surface area contributed by atoms with Crippen LogP contribution in [0.15, 0.2) is 0 Å². The maximum Gasteiger partial charge on any atom is 0.251 e. The second-order valence-corrected chi connectivity index (χ2v) is 4.72. The lowest BCUT2D eigenvalue weighted by atomic mass is 9.87. The molecule has 1 aliphatic carbocycles. The minimum Gasteiger partial charge on any atom is -0.387 e. The lowest BCUT2D eigenvalue weighted by molar-refractivity contribution is -0.00864. The first-order valence-corrected chi connectivity index (χ1v) is 5.12. The highest BCUT2D eigenvalue weighted by molar-refractivity contribution is 4.97. The SMILES string of the molecule is CC1COCC1(O)CCC1CC1(F)F. The Hall–Kier alpha value is -0.220. The largest absolute Gasteiger partial charge is 0.387 e. The third-order valence-electron chi connectivity index (χ3n) is 3.52. The van der Waals surface area contributed by atoms with E-state index in [0.29, 0.717) is 26.1 Å². The molecule has 3 atom stereocenters. The molecule has 0 radical (unpaired) electrons. The fourth-order valence-electron chi connectivity index (χ4n) is 2.04. The summed E-state index contributed by atoms with van der Waals surface area (Å²) in [6, 6.07) is 0. The summed E-state index contributed by atoms with van der Waals surface area (Å²) in [4.78, 5) is 0. The molecule has 2 rings (SSSR count). The van der Waals surface area contributed by atoms with Crippen molar-refractivity contribution in [1.29, 1.82) is 0 Å². The fraction of sp³-hybridized carbons (Fsp3) is 1.00. The van der Waals surface area contributed by atoms with Gasteiger partial charge in [0.15, 0.2) is 0 Å². The van der Waals surface area contributed by atoms with E-state index in [2.05, 4.69) is 0 Å². The van der Waals surface area contributed by atoms with Gasteiger partial charge in [0.1, 0.15) is 0 Å². The number of aliphatic hydroxyl groups is 1. The Balaban J connectivity index is 1.80. The van der Waals surface area contributed by atoms with Crippen LogP contribution in [0.4, 0.5) is 8.78 Å². The Labute approximate surface area is 82.3 Å². The van der Waals surface area contributed by atoms with Crippen molar-refractivity contribution in [1.82, 2.24) is 0 Å². The van der Waals surface area contributed by atoms with Gasteiger partial charge >= 0.3 is 0 Å². The summed E-state index contributed by atoms with van der Waals surface area (Å²) in [6.45, 7) is 2.74. The third kappa shape index (κ3) is 1.77. The molecule has 0 spiro atoms. The van der Waals surface area contributed by atoms with Gasteiger partial charge in [0, 0.05) is 18.3 Å². The quantitative estimate of drug-likeness (QED) is 0.763. The zero-order chi connectivity index (χ0) is 10.4. The van der Waals surface area contributed by atoms with Crippen LogP contribution in [0, 0.1) is 11.8 Å². The molecule has 0 amide bonds. The van der Waals surface area contributed by atoms with E-state index in [9.17, 15) is 13.9 Å². The molecule has 4 heteroatoms. The van der Waals surface area contributed by atoms with Crippen molar-refractivity contribution < 1.29 is 18.6 Å². The molecule has 0 aromatic rings. The van der Waals surface area contributed by atoms with Crippen LogP contribution in [0.5, 0.6) is 0 Å². The Morgan fingerprint density at radius 2 is 2.14 bits per heavy atom. The van der Waals surface area contributed by atoms with E-state index >= 15 is 0 Å². The molecule has 3 unspecified atom stereocenters. The van der Waals surface area contributed by atoms with Crippen LogP contribution < -0.4 is 0 Å². The average molecular weight is 206 g/mol. The van der Waals surface area contributed by atoms with Crippen molar-refractivity contribution >= 4 is 0 Å². The van der Waals surface area contributed by atoms with E-state index in [1.165, 1.54) is 0 Å². The molecule has 1 saturated carbocycles. The minimum absolute atomic E-state index is 0.00167. The molecule has 0 bridgehead atoms. The van der Waals surface area contributed by atoms with Crippen LogP contribution in [-0.4, -0.2) is 29.8 Å². The molecule has 0 aromatic heterocycles. The van der Waals surface area contributed by atoms with Gasteiger partial charge < -0.3 is 9.84 Å². The van der Waals surface area contributed by atoms with Crippen LogP contribution in [0.2, 0.25) is 0 Å². The van der Waals surface area contributed by atoms with Crippen LogP contribution in [-0.2, 0) is 4.74 Å². The van der Waals surface area contributed by atoms with Crippen LogP contribution in [0.25, 0.3) is 0 Å². The average Bonchev–Trinajstić information content (AvgIpc) is 2.57. The van der Waals surface area contributed by atoms with Gasteiger partial charge in [0.05, 0.1) is 18.8 Å². The molecule has 2 nitrogen and oxygen atoms in total. The Bertz CT molecular complexity index is 232. The van der Waals surface area contributed by atoms with Crippen molar-refractivity contribution in [2.45, 2.75) is 37.7 Å². The van der Waals surface area contributed by atoms with Gasteiger partial charge in [-0.1, -0.05) is 6.92 Å². The molecule has 1 saturated heterocycles. The number of halogens is 2. The summed E-state index contributed by atoms with van der Waals surface area (Å²) >= 11 is 0. The maximum absolute atomic E-state index is 12.6. The summed E-state index contributed by atoms with van der Waals surface area (Å²) in [5.74, 6) is -2.90. The van der Waals surface area contributed by atoms with Crippen LogP contribution >= 0.6 is 0 Å². The number of hydrogen-bond acceptors (Lipinski definition) is 2. The lowest BCUT2D eigenvalue weighted by Gasteiger charge is -2.25. The van der Waals surface area contributed by atoms with Crippen molar-refractivity contribution in [2.75, 3.05) is 13.2 Å². The third-order valence-corrected chi connectivity index (χ3v) is 3.52. The normalized spacial score (nSPS) is 45.4. The van der Waals surface area contributed by atoms with Crippen LogP contribution in [0.3, 0.4) is 0 Å². The van der Waals surface area contributed by atoms with Gasteiger partial charge in [-0.2, -0.15) is 0 Å². The van der Waals surface area contributed by atoms with Crippen molar-refractivity contribution in [3.63, 3.8) is 0 Å². The van der Waals surface area contributed by atoms with Crippen molar-refractivity contribution in [3.05, 3.63) is 0 Å². The van der Waals surface area contributed by atoms with Gasteiger partial charge in [0.2, 0.25) is 0 Å². The standard InChI is InChI=1S/C10H16F2O2/c1-7-5-14-6-9(7,13)3-2-8-4-10(8,11)12/h7-8,13H,2-6H2,1H3. The number of ether oxygens (including phenoxy) is 1. The molecular formula is C10H16F2O2. The van der Waals surface area contributed by atoms with E-state index in [1.807, 2.05) is 6.92 Å². The lowest BCUT2D eigenvalue weighted by Crippen LogP contribution is -2.35. The van der Waals surface area contributed by atoms with Crippen molar-refractivity contribution in [3.8, 4) is 0 Å². The molecule has 2 fully saturated rings. The van der Waals surface area contributed by atoms with Crippen LogP contribution in [0.1, 0.15) is 26.2 Å². The summed E-state index contributed by atoms with van der Waals surface area (Å²) in [5.41, 5.74) is -0.862. The Kier molecular flexibility index (Phi) is 2.31. The summed E-state index contributed by atoms with van der Waals surface area (Å²) in [6.07, 6.45) is 0.851. The molecule has 82 valence electrons. The fourth-order valence-corrected chi connectivity index (χ4v) is 2.04. The highest BCUT2D eigenvalue weighted by Gasteiger charge is 2.57. The molecule has 1 aliphatic heterocycles. The Morgan fingerprint density at radius 3 is 2.57 bits per heavy atom. The Morgan fingerprint density at radius 1 is 1.50 bits per heavy atom. The molecule has 2 aliphatic rings. The monoisotopic (exact) mass is 206 g/mol. The first-order chi connectivity index (χ1) is 6.44. The zero-order valence-corrected chi connectivity index (χ0v) is 8.30. The van der Waals surface area contributed by atoms with Gasteiger partial charge in [0.25, 0.3) is 5.92 Å². The van der Waals surface area contributed by atoms with E-state index in [-0.39, 0.29) is 12.3 Å². The van der Waals surface area contributed by atoms with Gasteiger partial charge in [-0.05, 0) is 12.8 Å². The maximum atomic E-state index is 12.6. The molecular weight excluding hydrogens is 190 g/mol. The zero-order valence-electron chi connectivity index (χ0n) is 8.30. The summed E-state index contributed by atoms with van der Waals surface area (Å²) in [5, 5.41) is 10.0. The minimum atomic E-state index is -2.46. The van der Waals surface area contributed by atoms with E-state index in [4.69, 9.17) is 4.74 Å². The smallest absolute Gasteiger partial charge is 0.251 e. The van der Waals surface area contributed by atoms with Gasteiger partial charge in [-0.25, -0.2) is 8.78 Å². The topological polar surface area (TPSA) is 29.5 Å².